The number of para-hydroxylation sites is 2. The van der Waals surface area contributed by atoms with Crippen molar-refractivity contribution in [2.24, 2.45) is 0 Å². The van der Waals surface area contributed by atoms with E-state index in [1.54, 1.807) is 0 Å². The third-order valence-corrected chi connectivity index (χ3v) is 4.24. The molecule has 1 atom stereocenters. The summed E-state index contributed by atoms with van der Waals surface area (Å²) in [6.07, 6.45) is -0.348. The van der Waals surface area contributed by atoms with E-state index in [0.29, 0.717) is 27.8 Å². The zero-order chi connectivity index (χ0) is 13.4. The third kappa shape index (κ3) is 2.40. The zero-order valence-corrected chi connectivity index (χ0v) is 12.4. The molecule has 3 rings (SSSR count). The summed E-state index contributed by atoms with van der Waals surface area (Å²) in [6, 6.07) is 7.52. The summed E-state index contributed by atoms with van der Waals surface area (Å²) >= 11 is 9.38. The van der Waals surface area contributed by atoms with E-state index in [1.165, 1.54) is 0 Å². The highest BCUT2D eigenvalue weighted by Crippen LogP contribution is 2.35. The van der Waals surface area contributed by atoms with Crippen molar-refractivity contribution < 1.29 is 9.47 Å². The first-order valence-electron chi connectivity index (χ1n) is 5.73. The molecule has 98 valence electrons. The van der Waals surface area contributed by atoms with Crippen LogP contribution in [0.5, 0.6) is 11.5 Å². The van der Waals surface area contributed by atoms with Gasteiger partial charge in [0.05, 0.1) is 10.2 Å². The minimum absolute atomic E-state index is 0.348. The van der Waals surface area contributed by atoms with Gasteiger partial charge in [-0.25, -0.2) is 9.97 Å². The number of fused-ring (bicyclic) bond motifs is 1. The van der Waals surface area contributed by atoms with Crippen LogP contribution in [0.4, 0.5) is 0 Å². The Bertz CT molecular complexity index is 613. The van der Waals surface area contributed by atoms with E-state index in [1.807, 2.05) is 31.2 Å². The molecule has 6 heteroatoms. The van der Waals surface area contributed by atoms with Crippen molar-refractivity contribution in [3.63, 3.8) is 0 Å². The highest BCUT2D eigenvalue weighted by molar-refractivity contribution is 9.10. The van der Waals surface area contributed by atoms with Gasteiger partial charge in [-0.1, -0.05) is 23.7 Å². The highest BCUT2D eigenvalue weighted by atomic mass is 79.9. The minimum Gasteiger partial charge on any atom is -0.485 e. The molecule has 0 aliphatic carbocycles. The normalized spacial score (nSPS) is 17.3. The number of hydrogen-bond acceptors (Lipinski definition) is 4. The van der Waals surface area contributed by atoms with E-state index < -0.39 is 0 Å². The quantitative estimate of drug-likeness (QED) is 0.742. The summed E-state index contributed by atoms with van der Waals surface area (Å²) in [5, 5.41) is 0.380. The number of aromatic nitrogens is 2. The van der Waals surface area contributed by atoms with Crippen molar-refractivity contribution in [2.75, 3.05) is 6.61 Å². The van der Waals surface area contributed by atoms with E-state index in [-0.39, 0.29) is 6.10 Å². The Morgan fingerprint density at radius 3 is 2.74 bits per heavy atom. The van der Waals surface area contributed by atoms with Crippen LogP contribution in [0.3, 0.4) is 0 Å². The maximum Gasteiger partial charge on any atom is 0.192 e. The molecule has 1 aromatic carbocycles. The maximum atomic E-state index is 6.04. The molecule has 1 unspecified atom stereocenters. The molecule has 2 aromatic rings. The van der Waals surface area contributed by atoms with Gasteiger partial charge in [0, 0.05) is 0 Å². The number of hydrogen-bond donors (Lipinski definition) is 0. The van der Waals surface area contributed by atoms with Gasteiger partial charge in [0.25, 0.3) is 0 Å². The number of halogens is 2. The molecule has 0 saturated heterocycles. The van der Waals surface area contributed by atoms with Gasteiger partial charge in [-0.3, -0.25) is 0 Å². The number of rotatable bonds is 1. The smallest absolute Gasteiger partial charge is 0.192 e. The maximum absolute atomic E-state index is 6.04. The first-order valence-corrected chi connectivity index (χ1v) is 6.90. The molecule has 1 aromatic heterocycles. The second kappa shape index (κ2) is 4.98. The lowest BCUT2D eigenvalue weighted by molar-refractivity contribution is 0.0849. The van der Waals surface area contributed by atoms with Crippen molar-refractivity contribution in [3.05, 3.63) is 45.4 Å². The molecule has 0 saturated carbocycles. The standard InChI is InChI=1S/C13H10BrClN2O2/c1-7-11(14)12(15)17-13(16-7)10-6-18-8-4-2-3-5-9(8)19-10/h2-5,10H,6H2,1H3. The predicted molar refractivity (Wildman–Crippen MR) is 74.8 cm³/mol. The minimum atomic E-state index is -0.348. The van der Waals surface area contributed by atoms with E-state index >= 15 is 0 Å². The Kier molecular flexibility index (Phi) is 3.33. The fraction of sp³-hybridized carbons (Fsp3) is 0.231. The van der Waals surface area contributed by atoms with Crippen molar-refractivity contribution in [2.45, 2.75) is 13.0 Å². The van der Waals surface area contributed by atoms with E-state index in [9.17, 15) is 0 Å². The lowest BCUT2D eigenvalue weighted by atomic mass is 10.2. The lowest BCUT2D eigenvalue weighted by Crippen LogP contribution is -2.23. The van der Waals surface area contributed by atoms with Gasteiger partial charge in [0.1, 0.15) is 11.8 Å². The molecule has 4 nitrogen and oxygen atoms in total. The van der Waals surface area contributed by atoms with Crippen LogP contribution in [0.25, 0.3) is 0 Å². The Balaban J connectivity index is 1.93. The molecule has 19 heavy (non-hydrogen) atoms. The van der Waals surface area contributed by atoms with Gasteiger partial charge in [0.2, 0.25) is 0 Å². The van der Waals surface area contributed by atoms with Gasteiger partial charge in [-0.05, 0) is 35.0 Å². The first-order chi connectivity index (χ1) is 9.15. The van der Waals surface area contributed by atoms with Crippen LogP contribution in [0, 0.1) is 6.92 Å². The van der Waals surface area contributed by atoms with Crippen LogP contribution >= 0.6 is 27.5 Å². The molecule has 1 aliphatic rings. The second-order valence-corrected chi connectivity index (χ2v) is 5.29. The van der Waals surface area contributed by atoms with Crippen molar-refractivity contribution >= 4 is 27.5 Å². The van der Waals surface area contributed by atoms with Crippen LogP contribution in [-0.2, 0) is 0 Å². The predicted octanol–water partition coefficient (Wildman–Crippen LogP) is 3.71. The summed E-state index contributed by atoms with van der Waals surface area (Å²) in [5.41, 5.74) is 0.775. The molecule has 2 heterocycles. The lowest BCUT2D eigenvalue weighted by Gasteiger charge is -2.25. The molecule has 0 spiro atoms. The van der Waals surface area contributed by atoms with Crippen LogP contribution in [0.2, 0.25) is 5.15 Å². The van der Waals surface area contributed by atoms with E-state index in [4.69, 9.17) is 21.1 Å². The average molecular weight is 342 g/mol. The van der Waals surface area contributed by atoms with Gasteiger partial charge in [-0.15, -0.1) is 0 Å². The fourth-order valence-corrected chi connectivity index (χ4v) is 2.24. The summed E-state index contributed by atoms with van der Waals surface area (Å²) < 4.78 is 12.2. The molecular formula is C13H10BrClN2O2. The molecule has 0 bridgehead atoms. The second-order valence-electron chi connectivity index (χ2n) is 4.14. The molecule has 0 radical (unpaired) electrons. The number of ether oxygens (including phenoxy) is 2. The van der Waals surface area contributed by atoms with Gasteiger partial charge in [-0.2, -0.15) is 0 Å². The number of aryl methyl sites for hydroxylation is 1. The molecule has 0 N–H and O–H groups in total. The summed E-state index contributed by atoms with van der Waals surface area (Å²) in [4.78, 5) is 8.62. The molecule has 0 fully saturated rings. The number of benzene rings is 1. The SMILES string of the molecule is Cc1nc(C2COc3ccccc3O2)nc(Cl)c1Br. The van der Waals surface area contributed by atoms with Crippen molar-refractivity contribution in [1.82, 2.24) is 9.97 Å². The van der Waals surface area contributed by atoms with Crippen LogP contribution in [0.1, 0.15) is 17.6 Å². The molecule has 0 amide bonds. The Hall–Kier alpha value is -1.33. The third-order valence-electron chi connectivity index (χ3n) is 2.79. The van der Waals surface area contributed by atoms with Crippen molar-refractivity contribution in [1.29, 1.82) is 0 Å². The van der Waals surface area contributed by atoms with Crippen LogP contribution in [-0.4, -0.2) is 16.6 Å². The molecular weight excluding hydrogens is 332 g/mol. The topological polar surface area (TPSA) is 44.2 Å². The summed E-state index contributed by atoms with van der Waals surface area (Å²) in [5.74, 6) is 1.96. The largest absolute Gasteiger partial charge is 0.485 e. The van der Waals surface area contributed by atoms with Gasteiger partial charge < -0.3 is 9.47 Å². The Labute approximate surface area is 123 Å². The van der Waals surface area contributed by atoms with Gasteiger partial charge >= 0.3 is 0 Å². The van der Waals surface area contributed by atoms with Crippen LogP contribution < -0.4 is 9.47 Å². The van der Waals surface area contributed by atoms with Crippen molar-refractivity contribution in [3.8, 4) is 11.5 Å². The fourth-order valence-electron chi connectivity index (χ4n) is 1.84. The summed E-state index contributed by atoms with van der Waals surface area (Å²) in [7, 11) is 0. The Morgan fingerprint density at radius 1 is 1.26 bits per heavy atom. The monoisotopic (exact) mass is 340 g/mol. The highest BCUT2D eigenvalue weighted by Gasteiger charge is 2.25. The van der Waals surface area contributed by atoms with E-state index in [2.05, 4.69) is 25.9 Å². The molecule has 1 aliphatic heterocycles. The number of nitrogens with zero attached hydrogens (tertiary/aromatic N) is 2. The summed E-state index contributed by atoms with van der Waals surface area (Å²) in [6.45, 7) is 2.23. The van der Waals surface area contributed by atoms with Crippen LogP contribution in [0.15, 0.2) is 28.7 Å². The first kappa shape index (κ1) is 12.7. The zero-order valence-electron chi connectivity index (χ0n) is 10.1. The van der Waals surface area contributed by atoms with Gasteiger partial charge in [0.15, 0.2) is 23.4 Å². The van der Waals surface area contributed by atoms with E-state index in [0.717, 1.165) is 11.4 Å². The Morgan fingerprint density at radius 2 is 2.00 bits per heavy atom. The average Bonchev–Trinajstić information content (AvgIpc) is 2.43.